The molecule has 0 saturated heterocycles. The molecule has 0 saturated carbocycles. The van der Waals surface area contributed by atoms with Gasteiger partial charge < -0.3 is 5.11 Å². The van der Waals surface area contributed by atoms with Crippen molar-refractivity contribution in [2.24, 2.45) is 0 Å². The summed E-state index contributed by atoms with van der Waals surface area (Å²) in [5, 5.41) is 9.53. The maximum absolute atomic E-state index is 10.8. The molecule has 1 aliphatic carbocycles. The van der Waals surface area contributed by atoms with Crippen molar-refractivity contribution in [1.29, 1.82) is 0 Å². The molecule has 1 aromatic rings. The van der Waals surface area contributed by atoms with Gasteiger partial charge in [-0.3, -0.25) is 4.79 Å². The Morgan fingerprint density at radius 3 is 2.89 bits per heavy atom. The second kappa shape index (κ2) is 5.17. The number of carboxylic acids is 1. The molecule has 1 aliphatic rings. The van der Waals surface area contributed by atoms with Gasteiger partial charge in [-0.1, -0.05) is 42.0 Å². The predicted molar refractivity (Wildman–Crippen MR) is 74.0 cm³/mol. The van der Waals surface area contributed by atoms with Crippen molar-refractivity contribution in [2.45, 2.75) is 17.7 Å². The zero-order valence-corrected chi connectivity index (χ0v) is 11.1. The Hall–Kier alpha value is -1.25. The molecule has 94 valence electrons. The lowest BCUT2D eigenvalue weighted by molar-refractivity contribution is -0.137. The summed E-state index contributed by atoms with van der Waals surface area (Å²) in [7, 11) is 0. The van der Waals surface area contributed by atoms with Gasteiger partial charge in [0.15, 0.2) is 0 Å². The molecule has 0 heterocycles. The van der Waals surface area contributed by atoms with Crippen molar-refractivity contribution < 1.29 is 9.90 Å². The Bertz CT molecular complexity index is 534. The van der Waals surface area contributed by atoms with Gasteiger partial charge in [0.1, 0.15) is 0 Å². The summed E-state index contributed by atoms with van der Waals surface area (Å²) in [6, 6.07) is 7.46. The molecule has 1 aromatic carbocycles. The number of rotatable bonds is 3. The molecular weight excluding hydrogens is 271 g/mol. The van der Waals surface area contributed by atoms with E-state index in [1.807, 2.05) is 24.3 Å². The van der Waals surface area contributed by atoms with E-state index in [4.69, 9.17) is 28.3 Å². The van der Waals surface area contributed by atoms with Crippen molar-refractivity contribution in [3.05, 3.63) is 53.1 Å². The lowest BCUT2D eigenvalue weighted by Crippen LogP contribution is -2.24. The van der Waals surface area contributed by atoms with Crippen LogP contribution >= 0.6 is 23.2 Å². The molecule has 4 heteroatoms. The number of hydrogen-bond donors (Lipinski definition) is 1. The summed E-state index contributed by atoms with van der Waals surface area (Å²) in [5.74, 6) is -0.901. The smallest absolute Gasteiger partial charge is 0.305 e. The molecule has 1 N–H and O–H groups in total. The lowest BCUT2D eigenvalue weighted by atomic mass is 9.87. The number of allylic oxidation sites excluding steroid dienone is 4. The average molecular weight is 283 g/mol. The normalized spacial score (nSPS) is 22.7. The fraction of sp³-hybridized carbons (Fsp3) is 0.214. The van der Waals surface area contributed by atoms with Crippen LogP contribution in [0, 0.1) is 0 Å². The molecule has 0 fully saturated rings. The number of halogens is 2. The first-order chi connectivity index (χ1) is 8.48. The molecule has 18 heavy (non-hydrogen) atoms. The van der Waals surface area contributed by atoms with Crippen LogP contribution in [0.1, 0.15) is 18.4 Å². The molecule has 0 aromatic heterocycles. The van der Waals surface area contributed by atoms with Gasteiger partial charge in [-0.2, -0.15) is 0 Å². The van der Waals surface area contributed by atoms with E-state index in [9.17, 15) is 4.79 Å². The van der Waals surface area contributed by atoms with Gasteiger partial charge in [0.05, 0.1) is 11.3 Å². The van der Waals surface area contributed by atoms with Crippen LogP contribution in [0.2, 0.25) is 5.02 Å². The van der Waals surface area contributed by atoms with E-state index in [1.165, 1.54) is 0 Å². The third-order valence-corrected chi connectivity index (χ3v) is 3.45. The van der Waals surface area contributed by atoms with Gasteiger partial charge in [-0.15, -0.1) is 11.6 Å². The van der Waals surface area contributed by atoms with Gasteiger partial charge in [0.25, 0.3) is 0 Å². The maximum atomic E-state index is 10.8. The topological polar surface area (TPSA) is 37.3 Å². The quantitative estimate of drug-likeness (QED) is 0.847. The van der Waals surface area contributed by atoms with Crippen LogP contribution in [-0.4, -0.2) is 16.0 Å². The predicted octanol–water partition coefficient (Wildman–Crippen LogP) is 4.14. The summed E-state index contributed by atoms with van der Waals surface area (Å²) in [6.45, 7) is 0. The monoisotopic (exact) mass is 282 g/mol. The highest BCUT2D eigenvalue weighted by molar-refractivity contribution is 6.30. The number of carboxylic acid groups (broad SMARTS) is 1. The molecule has 2 rings (SSSR count). The molecule has 0 amide bonds. The average Bonchev–Trinajstić information content (AvgIpc) is 2.27. The van der Waals surface area contributed by atoms with Crippen LogP contribution in [0.5, 0.6) is 0 Å². The number of aliphatic carboxylic acids is 1. The van der Waals surface area contributed by atoms with E-state index >= 15 is 0 Å². The Morgan fingerprint density at radius 2 is 2.22 bits per heavy atom. The minimum Gasteiger partial charge on any atom is -0.481 e. The van der Waals surface area contributed by atoms with Crippen molar-refractivity contribution in [3.8, 4) is 0 Å². The summed E-state index contributed by atoms with van der Waals surface area (Å²) < 4.78 is 0. The van der Waals surface area contributed by atoms with Crippen LogP contribution in [0.15, 0.2) is 42.5 Å². The summed E-state index contributed by atoms with van der Waals surface area (Å²) in [4.78, 5) is 9.96. The molecule has 0 spiro atoms. The Kier molecular flexibility index (Phi) is 3.79. The molecule has 1 atom stereocenters. The second-order valence-corrected chi connectivity index (χ2v) is 5.53. The second-order valence-electron chi connectivity index (χ2n) is 4.34. The number of benzene rings is 1. The van der Waals surface area contributed by atoms with Gasteiger partial charge in [-0.05, 0) is 29.7 Å². The maximum Gasteiger partial charge on any atom is 0.305 e. The van der Waals surface area contributed by atoms with Crippen LogP contribution in [0.25, 0.3) is 5.57 Å². The number of hydrogen-bond acceptors (Lipinski definition) is 1. The van der Waals surface area contributed by atoms with Crippen LogP contribution in [0.3, 0.4) is 0 Å². The summed E-state index contributed by atoms with van der Waals surface area (Å²) in [5.41, 5.74) is 1.97. The van der Waals surface area contributed by atoms with Crippen molar-refractivity contribution in [1.82, 2.24) is 0 Å². The minimum absolute atomic E-state index is 0.0943. The van der Waals surface area contributed by atoms with Crippen LogP contribution in [0.4, 0.5) is 0 Å². The Labute approximate surface area is 116 Å². The van der Waals surface area contributed by atoms with Gasteiger partial charge in [0, 0.05) is 5.02 Å². The minimum atomic E-state index is -0.901. The molecule has 0 bridgehead atoms. The van der Waals surface area contributed by atoms with Crippen LogP contribution < -0.4 is 0 Å². The highest BCUT2D eigenvalue weighted by Gasteiger charge is 2.30. The SMILES string of the molecule is O=C(O)CC1(Cl)C=CC=C(c2cccc(Cl)c2)C1. The van der Waals surface area contributed by atoms with E-state index in [1.54, 1.807) is 18.2 Å². The first kappa shape index (κ1) is 13.2. The fourth-order valence-electron chi connectivity index (χ4n) is 2.03. The molecule has 2 nitrogen and oxygen atoms in total. The highest BCUT2D eigenvalue weighted by atomic mass is 35.5. The van der Waals surface area contributed by atoms with E-state index in [0.29, 0.717) is 11.4 Å². The van der Waals surface area contributed by atoms with Gasteiger partial charge in [0.2, 0.25) is 0 Å². The molecule has 1 unspecified atom stereocenters. The first-order valence-corrected chi connectivity index (χ1v) is 6.29. The largest absolute Gasteiger partial charge is 0.481 e. The zero-order chi connectivity index (χ0) is 13.2. The molecule has 0 radical (unpaired) electrons. The molecular formula is C14H12Cl2O2. The third-order valence-electron chi connectivity index (χ3n) is 2.82. The van der Waals surface area contributed by atoms with Gasteiger partial charge in [-0.25, -0.2) is 0 Å². The standard InChI is InChI=1S/C14H12Cl2O2/c15-12-5-1-3-10(7-12)11-4-2-6-14(16,8-11)9-13(17)18/h1-7H,8-9H2,(H,17,18). The Morgan fingerprint density at radius 1 is 1.44 bits per heavy atom. The highest BCUT2D eigenvalue weighted by Crippen LogP contribution is 2.37. The number of alkyl halides is 1. The molecule has 0 aliphatic heterocycles. The number of carbonyl (C=O) groups is 1. The Balaban J connectivity index is 2.24. The van der Waals surface area contributed by atoms with E-state index < -0.39 is 10.8 Å². The first-order valence-electron chi connectivity index (χ1n) is 5.54. The van der Waals surface area contributed by atoms with Gasteiger partial charge >= 0.3 is 5.97 Å². The van der Waals surface area contributed by atoms with Crippen molar-refractivity contribution in [2.75, 3.05) is 0 Å². The van der Waals surface area contributed by atoms with Crippen molar-refractivity contribution >= 4 is 34.7 Å². The van der Waals surface area contributed by atoms with E-state index in [-0.39, 0.29) is 6.42 Å². The van der Waals surface area contributed by atoms with Crippen LogP contribution in [-0.2, 0) is 4.79 Å². The van der Waals surface area contributed by atoms with E-state index in [0.717, 1.165) is 11.1 Å². The van der Waals surface area contributed by atoms with Crippen molar-refractivity contribution in [3.63, 3.8) is 0 Å². The summed E-state index contributed by atoms with van der Waals surface area (Å²) in [6.07, 6.45) is 5.86. The third kappa shape index (κ3) is 3.15. The lowest BCUT2D eigenvalue weighted by Gasteiger charge is -2.26. The fourth-order valence-corrected chi connectivity index (χ4v) is 2.55. The van der Waals surface area contributed by atoms with E-state index in [2.05, 4.69) is 0 Å². The zero-order valence-electron chi connectivity index (χ0n) is 9.57. The summed E-state index contributed by atoms with van der Waals surface area (Å²) >= 11 is 12.3.